The van der Waals surface area contributed by atoms with Gasteiger partial charge < -0.3 is 15.0 Å². The minimum Gasteiger partial charge on any atom is -0.423 e. The number of fused-ring (bicyclic) bond motifs is 1. The molecule has 3 rings (SSSR count). The maximum absolute atomic E-state index is 12.3. The van der Waals surface area contributed by atoms with Crippen LogP contribution in [-0.2, 0) is 16.0 Å². The molecule has 24 heavy (non-hydrogen) atoms. The average molecular weight is 324 g/mol. The number of aryl methyl sites for hydroxylation is 2. The van der Waals surface area contributed by atoms with Gasteiger partial charge >= 0.3 is 5.97 Å². The first-order chi connectivity index (χ1) is 11.5. The standard InChI is InChI=1S/C19H20N2O3/c1-3-14-5-7-15(8-6-14)20-18(22)11-21-12-19(23)24-17-9-4-13(2)10-16(17)21/h4-10H,3,11-12H2,1-2H3,(H,20,22). The molecule has 0 radical (unpaired) electrons. The van der Waals surface area contributed by atoms with Gasteiger partial charge in [0.05, 0.1) is 12.2 Å². The highest BCUT2D eigenvalue weighted by Gasteiger charge is 2.25. The number of rotatable bonds is 4. The van der Waals surface area contributed by atoms with Gasteiger partial charge in [0.1, 0.15) is 6.54 Å². The molecule has 1 heterocycles. The molecule has 0 fully saturated rings. The molecule has 5 heteroatoms. The Morgan fingerprint density at radius 2 is 1.96 bits per heavy atom. The zero-order valence-corrected chi connectivity index (χ0v) is 13.8. The molecule has 1 aliphatic heterocycles. The lowest BCUT2D eigenvalue weighted by Gasteiger charge is -2.29. The number of nitrogens with zero attached hydrogens (tertiary/aromatic N) is 1. The van der Waals surface area contributed by atoms with E-state index in [1.807, 2.05) is 43.3 Å². The Hall–Kier alpha value is -2.82. The fourth-order valence-electron chi connectivity index (χ4n) is 2.70. The first-order valence-corrected chi connectivity index (χ1v) is 8.00. The number of nitrogens with one attached hydrogen (secondary N) is 1. The maximum Gasteiger partial charge on any atom is 0.331 e. The summed E-state index contributed by atoms with van der Waals surface area (Å²) in [5.41, 5.74) is 3.79. The van der Waals surface area contributed by atoms with Crippen molar-refractivity contribution >= 4 is 23.3 Å². The van der Waals surface area contributed by atoms with E-state index in [2.05, 4.69) is 12.2 Å². The summed E-state index contributed by atoms with van der Waals surface area (Å²) >= 11 is 0. The van der Waals surface area contributed by atoms with Crippen molar-refractivity contribution in [2.45, 2.75) is 20.3 Å². The lowest BCUT2D eigenvalue weighted by atomic mass is 10.1. The zero-order valence-electron chi connectivity index (χ0n) is 13.8. The second kappa shape index (κ2) is 6.74. The van der Waals surface area contributed by atoms with Gasteiger partial charge in [-0.3, -0.25) is 4.79 Å². The maximum atomic E-state index is 12.3. The number of hydrogen-bond donors (Lipinski definition) is 1. The largest absolute Gasteiger partial charge is 0.423 e. The molecule has 0 saturated heterocycles. The molecule has 2 aromatic carbocycles. The topological polar surface area (TPSA) is 58.6 Å². The summed E-state index contributed by atoms with van der Waals surface area (Å²) in [7, 11) is 0. The molecule has 0 unspecified atom stereocenters. The van der Waals surface area contributed by atoms with E-state index in [0.717, 1.165) is 23.4 Å². The molecule has 0 spiro atoms. The van der Waals surface area contributed by atoms with Crippen LogP contribution in [-0.4, -0.2) is 25.0 Å². The summed E-state index contributed by atoms with van der Waals surface area (Å²) in [5.74, 6) is -0.0233. The Morgan fingerprint density at radius 1 is 1.21 bits per heavy atom. The molecule has 1 N–H and O–H groups in total. The highest BCUT2D eigenvalue weighted by molar-refractivity contribution is 5.96. The summed E-state index contributed by atoms with van der Waals surface area (Å²) in [5, 5.41) is 2.87. The van der Waals surface area contributed by atoms with E-state index in [-0.39, 0.29) is 25.0 Å². The third-order valence-electron chi connectivity index (χ3n) is 3.98. The lowest BCUT2D eigenvalue weighted by Crippen LogP contribution is -2.41. The van der Waals surface area contributed by atoms with Crippen molar-refractivity contribution in [2.24, 2.45) is 0 Å². The molecule has 0 atom stereocenters. The van der Waals surface area contributed by atoms with E-state index >= 15 is 0 Å². The zero-order chi connectivity index (χ0) is 17.1. The number of hydrogen-bond acceptors (Lipinski definition) is 4. The average Bonchev–Trinajstić information content (AvgIpc) is 2.56. The van der Waals surface area contributed by atoms with E-state index < -0.39 is 0 Å². The van der Waals surface area contributed by atoms with Crippen LogP contribution >= 0.6 is 0 Å². The summed E-state index contributed by atoms with van der Waals surface area (Å²) < 4.78 is 5.23. The first kappa shape index (κ1) is 16.1. The normalized spacial score (nSPS) is 13.2. The summed E-state index contributed by atoms with van der Waals surface area (Å²) in [6.45, 7) is 4.21. The summed E-state index contributed by atoms with van der Waals surface area (Å²) in [6.07, 6.45) is 0.959. The van der Waals surface area contributed by atoms with Gasteiger partial charge in [0.15, 0.2) is 5.75 Å². The molecule has 0 saturated carbocycles. The Kier molecular flexibility index (Phi) is 4.51. The lowest BCUT2D eigenvalue weighted by molar-refractivity contribution is -0.133. The van der Waals surface area contributed by atoms with Crippen molar-refractivity contribution in [1.82, 2.24) is 0 Å². The fourth-order valence-corrected chi connectivity index (χ4v) is 2.70. The van der Waals surface area contributed by atoms with E-state index in [4.69, 9.17) is 4.74 Å². The van der Waals surface area contributed by atoms with Crippen LogP contribution in [0.5, 0.6) is 5.75 Å². The molecule has 5 nitrogen and oxygen atoms in total. The summed E-state index contributed by atoms with van der Waals surface area (Å²) in [6, 6.07) is 13.3. The predicted octanol–water partition coefficient (Wildman–Crippen LogP) is 2.92. The highest BCUT2D eigenvalue weighted by Crippen LogP contribution is 2.32. The van der Waals surface area contributed by atoms with Crippen LogP contribution in [0, 0.1) is 6.92 Å². The molecule has 2 aromatic rings. The van der Waals surface area contributed by atoms with Crippen molar-refractivity contribution in [3.63, 3.8) is 0 Å². The van der Waals surface area contributed by atoms with Crippen LogP contribution < -0.4 is 15.0 Å². The van der Waals surface area contributed by atoms with E-state index in [1.54, 1.807) is 11.0 Å². The smallest absolute Gasteiger partial charge is 0.331 e. The van der Waals surface area contributed by atoms with Gasteiger partial charge in [0.25, 0.3) is 0 Å². The van der Waals surface area contributed by atoms with Crippen LogP contribution in [0.25, 0.3) is 0 Å². The Morgan fingerprint density at radius 3 is 2.67 bits per heavy atom. The van der Waals surface area contributed by atoms with Crippen molar-refractivity contribution in [1.29, 1.82) is 0 Å². The number of ether oxygens (including phenoxy) is 1. The van der Waals surface area contributed by atoms with Gasteiger partial charge in [0.2, 0.25) is 5.91 Å². The van der Waals surface area contributed by atoms with E-state index in [9.17, 15) is 9.59 Å². The Balaban J connectivity index is 1.72. The number of benzene rings is 2. The van der Waals surface area contributed by atoms with Crippen LogP contribution in [0.3, 0.4) is 0 Å². The fraction of sp³-hybridized carbons (Fsp3) is 0.263. The number of amides is 1. The number of carbonyl (C=O) groups excluding carboxylic acids is 2. The van der Waals surface area contributed by atoms with Gasteiger partial charge in [-0.05, 0) is 48.7 Å². The first-order valence-electron chi connectivity index (χ1n) is 8.00. The molecule has 0 aromatic heterocycles. The monoisotopic (exact) mass is 324 g/mol. The Bertz CT molecular complexity index is 769. The molecular formula is C19H20N2O3. The quantitative estimate of drug-likeness (QED) is 0.694. The van der Waals surface area contributed by atoms with Crippen molar-refractivity contribution in [2.75, 3.05) is 23.3 Å². The van der Waals surface area contributed by atoms with Crippen molar-refractivity contribution in [3.05, 3.63) is 53.6 Å². The van der Waals surface area contributed by atoms with Gasteiger partial charge in [-0.15, -0.1) is 0 Å². The van der Waals surface area contributed by atoms with Gasteiger partial charge in [-0.1, -0.05) is 25.1 Å². The van der Waals surface area contributed by atoms with Crippen LogP contribution in [0.15, 0.2) is 42.5 Å². The third-order valence-corrected chi connectivity index (χ3v) is 3.98. The molecular weight excluding hydrogens is 304 g/mol. The molecule has 0 bridgehead atoms. The second-order valence-electron chi connectivity index (χ2n) is 5.90. The van der Waals surface area contributed by atoms with Crippen LogP contribution in [0.4, 0.5) is 11.4 Å². The SMILES string of the molecule is CCc1ccc(NC(=O)CN2CC(=O)Oc3ccc(C)cc32)cc1. The van der Waals surface area contributed by atoms with Crippen molar-refractivity contribution < 1.29 is 14.3 Å². The van der Waals surface area contributed by atoms with E-state index in [0.29, 0.717) is 5.75 Å². The molecule has 124 valence electrons. The minimum absolute atomic E-state index is 0.0681. The number of esters is 1. The third kappa shape index (κ3) is 3.56. The van der Waals surface area contributed by atoms with Gasteiger partial charge in [0, 0.05) is 5.69 Å². The van der Waals surface area contributed by atoms with E-state index in [1.165, 1.54) is 5.56 Å². The predicted molar refractivity (Wildman–Crippen MR) is 93.5 cm³/mol. The molecule has 1 amide bonds. The minimum atomic E-state index is -0.355. The highest BCUT2D eigenvalue weighted by atomic mass is 16.5. The van der Waals surface area contributed by atoms with Crippen LogP contribution in [0.2, 0.25) is 0 Å². The Labute approximate surface area is 141 Å². The van der Waals surface area contributed by atoms with Crippen LogP contribution in [0.1, 0.15) is 18.1 Å². The summed E-state index contributed by atoms with van der Waals surface area (Å²) in [4.78, 5) is 25.8. The molecule has 1 aliphatic rings. The van der Waals surface area contributed by atoms with Gasteiger partial charge in [-0.25, -0.2) is 4.79 Å². The number of anilines is 2. The molecule has 0 aliphatic carbocycles. The van der Waals surface area contributed by atoms with Crippen molar-refractivity contribution in [3.8, 4) is 5.75 Å². The number of carbonyl (C=O) groups is 2. The second-order valence-corrected chi connectivity index (χ2v) is 5.90. The van der Waals surface area contributed by atoms with Gasteiger partial charge in [-0.2, -0.15) is 0 Å².